The Balaban J connectivity index is 2.07. The fourth-order valence-electron chi connectivity index (χ4n) is 2.43. The van der Waals surface area contributed by atoms with E-state index in [1.54, 1.807) is 11.0 Å². The van der Waals surface area contributed by atoms with Gasteiger partial charge in [0.2, 0.25) is 0 Å². The average Bonchev–Trinajstić information content (AvgIpc) is 2.46. The van der Waals surface area contributed by atoms with Crippen LogP contribution in [-0.2, 0) is 11.3 Å². The first kappa shape index (κ1) is 16.6. The third-order valence-electron chi connectivity index (χ3n) is 3.43. The van der Waals surface area contributed by atoms with Crippen molar-refractivity contribution in [2.75, 3.05) is 6.54 Å². The van der Waals surface area contributed by atoms with E-state index in [0.717, 1.165) is 24.8 Å². The molecular formula is C17H25NO4. The van der Waals surface area contributed by atoms with Gasteiger partial charge in [-0.15, -0.1) is 0 Å². The summed E-state index contributed by atoms with van der Waals surface area (Å²) in [6.07, 6.45) is 2.09. The smallest absolute Gasteiger partial charge is 0.413 e. The third-order valence-corrected chi connectivity index (χ3v) is 3.43. The molecule has 0 aliphatic carbocycles. The Labute approximate surface area is 131 Å². The summed E-state index contributed by atoms with van der Waals surface area (Å²) in [5.74, 6) is 0.659. The minimum atomic E-state index is -0.518. The molecule has 0 radical (unpaired) electrons. The Morgan fingerprint density at radius 3 is 2.82 bits per heavy atom. The normalized spacial score (nSPS) is 18.9. The Kier molecular flexibility index (Phi) is 5.29. The highest BCUT2D eigenvalue weighted by Crippen LogP contribution is 2.24. The van der Waals surface area contributed by atoms with Crippen molar-refractivity contribution in [1.82, 2.24) is 4.90 Å². The number of benzene rings is 1. The van der Waals surface area contributed by atoms with E-state index in [0.29, 0.717) is 12.3 Å². The number of aliphatic hydroxyl groups is 1. The largest absolute Gasteiger partial charge is 0.470 e. The molecule has 1 fully saturated rings. The Morgan fingerprint density at radius 1 is 1.36 bits per heavy atom. The number of amides is 1. The summed E-state index contributed by atoms with van der Waals surface area (Å²) in [4.78, 5) is 14.0. The molecule has 0 saturated carbocycles. The van der Waals surface area contributed by atoms with Crippen LogP contribution in [0.2, 0.25) is 0 Å². The number of piperidine rings is 1. The van der Waals surface area contributed by atoms with Crippen LogP contribution in [0.25, 0.3) is 0 Å². The lowest BCUT2D eigenvalue weighted by molar-refractivity contribution is -0.0342. The van der Waals surface area contributed by atoms with E-state index >= 15 is 0 Å². The van der Waals surface area contributed by atoms with E-state index in [1.165, 1.54) is 0 Å². The van der Waals surface area contributed by atoms with E-state index in [-0.39, 0.29) is 18.9 Å². The van der Waals surface area contributed by atoms with Crippen molar-refractivity contribution in [3.05, 3.63) is 29.8 Å². The van der Waals surface area contributed by atoms with Crippen LogP contribution in [0, 0.1) is 0 Å². The first-order valence-electron chi connectivity index (χ1n) is 7.75. The highest BCUT2D eigenvalue weighted by molar-refractivity contribution is 5.68. The summed E-state index contributed by atoms with van der Waals surface area (Å²) in [6.45, 7) is 6.18. The summed E-state index contributed by atoms with van der Waals surface area (Å²) >= 11 is 0. The number of likely N-dealkylation sites (tertiary alicyclic amines) is 1. The molecule has 0 spiro atoms. The SMILES string of the molecule is CC(C)(C)OC(=O)N1CCCCC1Oc1cccc(CO)c1. The molecule has 1 amide bonds. The molecule has 1 atom stereocenters. The minimum absolute atomic E-state index is 0.0301. The lowest BCUT2D eigenvalue weighted by Gasteiger charge is -2.36. The molecule has 1 aromatic rings. The zero-order valence-electron chi connectivity index (χ0n) is 13.5. The molecule has 22 heavy (non-hydrogen) atoms. The van der Waals surface area contributed by atoms with E-state index < -0.39 is 5.60 Å². The molecule has 1 unspecified atom stereocenters. The number of hydrogen-bond donors (Lipinski definition) is 1. The van der Waals surface area contributed by atoms with Crippen LogP contribution in [0.3, 0.4) is 0 Å². The van der Waals surface area contributed by atoms with Crippen LogP contribution in [0.1, 0.15) is 45.6 Å². The van der Waals surface area contributed by atoms with Gasteiger partial charge in [0.1, 0.15) is 11.4 Å². The number of aliphatic hydroxyl groups excluding tert-OH is 1. The second-order valence-corrected chi connectivity index (χ2v) is 6.55. The standard InChI is InChI=1S/C17H25NO4/c1-17(2,3)22-16(20)18-10-5-4-9-15(18)21-14-8-6-7-13(11-14)12-19/h6-8,11,15,19H,4-5,9-10,12H2,1-3H3. The number of carbonyl (C=O) groups is 1. The fourth-order valence-corrected chi connectivity index (χ4v) is 2.43. The van der Waals surface area contributed by atoms with Crippen molar-refractivity contribution in [2.24, 2.45) is 0 Å². The van der Waals surface area contributed by atoms with E-state index in [4.69, 9.17) is 9.47 Å². The number of hydrogen-bond acceptors (Lipinski definition) is 4. The molecule has 0 aromatic heterocycles. The predicted octanol–water partition coefficient (Wildman–Crippen LogP) is 3.30. The predicted molar refractivity (Wildman–Crippen MR) is 83.6 cm³/mol. The van der Waals surface area contributed by atoms with Gasteiger partial charge < -0.3 is 14.6 Å². The van der Waals surface area contributed by atoms with Crippen LogP contribution in [0.5, 0.6) is 5.75 Å². The monoisotopic (exact) mass is 307 g/mol. The summed E-state index contributed by atoms with van der Waals surface area (Å²) in [7, 11) is 0. The molecule has 5 nitrogen and oxygen atoms in total. The van der Waals surface area contributed by atoms with Crippen LogP contribution < -0.4 is 4.74 Å². The zero-order valence-corrected chi connectivity index (χ0v) is 13.5. The molecule has 1 aliphatic heterocycles. The molecule has 5 heteroatoms. The molecule has 0 bridgehead atoms. The van der Waals surface area contributed by atoms with E-state index in [1.807, 2.05) is 39.0 Å². The maximum atomic E-state index is 12.3. The van der Waals surface area contributed by atoms with Gasteiger partial charge >= 0.3 is 6.09 Å². The summed E-state index contributed by atoms with van der Waals surface area (Å²) in [5, 5.41) is 9.20. The second-order valence-electron chi connectivity index (χ2n) is 6.55. The van der Waals surface area contributed by atoms with Gasteiger partial charge in [0.15, 0.2) is 6.23 Å². The fraction of sp³-hybridized carbons (Fsp3) is 0.588. The number of carbonyl (C=O) groups excluding carboxylic acids is 1. The Bertz CT molecular complexity index is 510. The van der Waals surface area contributed by atoms with Crippen molar-refractivity contribution >= 4 is 6.09 Å². The van der Waals surface area contributed by atoms with Gasteiger partial charge in [-0.3, -0.25) is 4.90 Å². The lowest BCUT2D eigenvalue weighted by atomic mass is 10.1. The molecular weight excluding hydrogens is 282 g/mol. The van der Waals surface area contributed by atoms with Crippen LogP contribution in [0.15, 0.2) is 24.3 Å². The van der Waals surface area contributed by atoms with Crippen molar-refractivity contribution < 1.29 is 19.4 Å². The third kappa shape index (κ3) is 4.63. The first-order chi connectivity index (χ1) is 10.4. The molecule has 1 heterocycles. The second kappa shape index (κ2) is 7.01. The van der Waals surface area contributed by atoms with E-state index in [2.05, 4.69) is 0 Å². The van der Waals surface area contributed by atoms with Crippen LogP contribution in [0.4, 0.5) is 4.79 Å². The molecule has 1 aliphatic rings. The summed E-state index contributed by atoms with van der Waals surface area (Å²) in [6, 6.07) is 7.30. The van der Waals surface area contributed by atoms with Crippen molar-refractivity contribution in [3.8, 4) is 5.75 Å². The maximum Gasteiger partial charge on any atom is 0.413 e. The molecule has 1 N–H and O–H groups in total. The lowest BCUT2D eigenvalue weighted by Crippen LogP contribution is -2.48. The number of nitrogens with zero attached hydrogens (tertiary/aromatic N) is 1. The van der Waals surface area contributed by atoms with Gasteiger partial charge in [0, 0.05) is 13.0 Å². The molecule has 2 rings (SSSR count). The van der Waals surface area contributed by atoms with Gasteiger partial charge in [-0.05, 0) is 51.3 Å². The van der Waals surface area contributed by atoms with Crippen molar-refractivity contribution in [2.45, 2.75) is 58.5 Å². The van der Waals surface area contributed by atoms with Crippen molar-refractivity contribution in [3.63, 3.8) is 0 Å². The topological polar surface area (TPSA) is 59.0 Å². The van der Waals surface area contributed by atoms with Gasteiger partial charge in [-0.25, -0.2) is 4.79 Å². The average molecular weight is 307 g/mol. The molecule has 122 valence electrons. The molecule has 1 saturated heterocycles. The number of ether oxygens (including phenoxy) is 2. The summed E-state index contributed by atoms with van der Waals surface area (Å²) in [5.41, 5.74) is 0.271. The Morgan fingerprint density at radius 2 is 2.14 bits per heavy atom. The number of rotatable bonds is 3. The highest BCUT2D eigenvalue weighted by Gasteiger charge is 2.31. The van der Waals surface area contributed by atoms with Gasteiger partial charge in [0.25, 0.3) is 0 Å². The van der Waals surface area contributed by atoms with Crippen LogP contribution in [-0.4, -0.2) is 34.5 Å². The highest BCUT2D eigenvalue weighted by atomic mass is 16.6. The summed E-state index contributed by atoms with van der Waals surface area (Å²) < 4.78 is 11.4. The van der Waals surface area contributed by atoms with Crippen LogP contribution >= 0.6 is 0 Å². The van der Waals surface area contributed by atoms with Gasteiger partial charge in [-0.1, -0.05) is 12.1 Å². The first-order valence-corrected chi connectivity index (χ1v) is 7.75. The Hall–Kier alpha value is -1.75. The molecule has 1 aromatic carbocycles. The maximum absolute atomic E-state index is 12.3. The van der Waals surface area contributed by atoms with Gasteiger partial charge in [0.05, 0.1) is 6.61 Å². The zero-order chi connectivity index (χ0) is 16.2. The quantitative estimate of drug-likeness (QED) is 0.931. The van der Waals surface area contributed by atoms with Gasteiger partial charge in [-0.2, -0.15) is 0 Å². The minimum Gasteiger partial charge on any atom is -0.470 e. The van der Waals surface area contributed by atoms with Crippen molar-refractivity contribution in [1.29, 1.82) is 0 Å². The van der Waals surface area contributed by atoms with E-state index in [9.17, 15) is 9.90 Å².